The molecule has 0 aliphatic heterocycles. The van der Waals surface area contributed by atoms with Crippen molar-refractivity contribution in [3.05, 3.63) is 56.7 Å². The van der Waals surface area contributed by atoms with Gasteiger partial charge in [-0.2, -0.15) is 0 Å². The third-order valence-electron chi connectivity index (χ3n) is 2.19. The summed E-state index contributed by atoms with van der Waals surface area (Å²) in [6, 6.07) is 8.28. The number of pyridine rings is 1. The maximum Gasteiger partial charge on any atom is 0.255 e. The van der Waals surface area contributed by atoms with Gasteiger partial charge in [0.25, 0.3) is 5.91 Å². The average molecular weight is 346 g/mol. The number of rotatable bonds is 2. The van der Waals surface area contributed by atoms with Gasteiger partial charge in [0.1, 0.15) is 4.60 Å². The Balaban J connectivity index is 2.24. The molecular weight excluding hydrogens is 339 g/mol. The van der Waals surface area contributed by atoms with Gasteiger partial charge in [0.2, 0.25) is 0 Å². The molecule has 1 aromatic heterocycles. The first-order valence-corrected chi connectivity index (χ1v) is 6.50. The van der Waals surface area contributed by atoms with Crippen LogP contribution < -0.4 is 5.32 Å². The lowest BCUT2D eigenvalue weighted by atomic mass is 10.2. The fourth-order valence-electron chi connectivity index (χ4n) is 1.34. The molecular formula is C12H7BrCl2N2O. The standard InChI is InChI=1S/C12H7BrCl2N2O/c13-10-6-7(4-5-16-10)12(18)17-9-3-1-2-8(14)11(9)15/h1-6H,(H,17,18). The molecule has 0 atom stereocenters. The third kappa shape index (κ3) is 3.02. The van der Waals surface area contributed by atoms with E-state index in [1.165, 1.54) is 0 Å². The van der Waals surface area contributed by atoms with Gasteiger partial charge in [-0.1, -0.05) is 29.3 Å². The number of amides is 1. The summed E-state index contributed by atoms with van der Waals surface area (Å²) in [5, 5.41) is 3.40. The number of hydrogen-bond donors (Lipinski definition) is 1. The number of anilines is 1. The van der Waals surface area contributed by atoms with Gasteiger partial charge < -0.3 is 5.32 Å². The van der Waals surface area contributed by atoms with E-state index in [2.05, 4.69) is 26.2 Å². The van der Waals surface area contributed by atoms with Crippen LogP contribution in [0.15, 0.2) is 41.1 Å². The monoisotopic (exact) mass is 344 g/mol. The Labute approximate surface area is 122 Å². The van der Waals surface area contributed by atoms with E-state index < -0.39 is 0 Å². The molecule has 2 rings (SSSR count). The summed E-state index contributed by atoms with van der Waals surface area (Å²) in [6.45, 7) is 0. The topological polar surface area (TPSA) is 42.0 Å². The van der Waals surface area contributed by atoms with Gasteiger partial charge in [-0.3, -0.25) is 4.79 Å². The number of benzene rings is 1. The van der Waals surface area contributed by atoms with Gasteiger partial charge in [-0.15, -0.1) is 0 Å². The van der Waals surface area contributed by atoms with Crippen LogP contribution in [0.4, 0.5) is 5.69 Å². The van der Waals surface area contributed by atoms with E-state index in [4.69, 9.17) is 23.2 Å². The molecule has 1 N–H and O–H groups in total. The maximum atomic E-state index is 12.0. The number of nitrogens with one attached hydrogen (secondary N) is 1. The molecule has 0 fully saturated rings. The highest BCUT2D eigenvalue weighted by molar-refractivity contribution is 9.10. The smallest absolute Gasteiger partial charge is 0.255 e. The van der Waals surface area contributed by atoms with Crippen LogP contribution >= 0.6 is 39.1 Å². The molecule has 0 saturated heterocycles. The van der Waals surface area contributed by atoms with Gasteiger partial charge in [0.05, 0.1) is 15.7 Å². The van der Waals surface area contributed by atoms with Gasteiger partial charge >= 0.3 is 0 Å². The Morgan fingerprint density at radius 2 is 2.06 bits per heavy atom. The minimum atomic E-state index is -0.276. The van der Waals surface area contributed by atoms with Crippen molar-refractivity contribution in [3.8, 4) is 0 Å². The summed E-state index contributed by atoms with van der Waals surface area (Å²) in [4.78, 5) is 15.9. The lowest BCUT2D eigenvalue weighted by Gasteiger charge is -2.08. The Kier molecular flexibility index (Phi) is 4.22. The molecule has 1 aromatic carbocycles. The molecule has 18 heavy (non-hydrogen) atoms. The minimum Gasteiger partial charge on any atom is -0.321 e. The second kappa shape index (κ2) is 5.69. The highest BCUT2D eigenvalue weighted by atomic mass is 79.9. The highest BCUT2D eigenvalue weighted by Crippen LogP contribution is 2.29. The fraction of sp³-hybridized carbons (Fsp3) is 0. The number of hydrogen-bond acceptors (Lipinski definition) is 2. The van der Waals surface area contributed by atoms with E-state index in [-0.39, 0.29) is 5.91 Å². The van der Waals surface area contributed by atoms with Crippen molar-refractivity contribution >= 4 is 50.7 Å². The van der Waals surface area contributed by atoms with Crippen LogP contribution in [0.2, 0.25) is 10.0 Å². The summed E-state index contributed by atoms with van der Waals surface area (Å²) in [5.74, 6) is -0.276. The number of carbonyl (C=O) groups excluding carboxylic acids is 1. The largest absolute Gasteiger partial charge is 0.321 e. The van der Waals surface area contributed by atoms with Crippen molar-refractivity contribution in [2.75, 3.05) is 5.32 Å². The Morgan fingerprint density at radius 3 is 2.78 bits per heavy atom. The first-order valence-electron chi connectivity index (χ1n) is 4.95. The van der Waals surface area contributed by atoms with Gasteiger partial charge in [-0.05, 0) is 40.2 Å². The lowest BCUT2D eigenvalue weighted by Crippen LogP contribution is -2.12. The molecule has 0 bridgehead atoms. The van der Waals surface area contributed by atoms with Crippen LogP contribution in [0.5, 0.6) is 0 Å². The Morgan fingerprint density at radius 1 is 1.28 bits per heavy atom. The quantitative estimate of drug-likeness (QED) is 0.819. The van der Waals surface area contributed by atoms with Crippen LogP contribution in [0.3, 0.4) is 0 Å². The molecule has 6 heteroatoms. The molecule has 3 nitrogen and oxygen atoms in total. The predicted molar refractivity (Wildman–Crippen MR) is 76.4 cm³/mol. The molecule has 0 aliphatic carbocycles. The van der Waals surface area contributed by atoms with Crippen LogP contribution in [0.25, 0.3) is 0 Å². The van der Waals surface area contributed by atoms with Gasteiger partial charge in [0, 0.05) is 11.8 Å². The SMILES string of the molecule is O=C(Nc1cccc(Cl)c1Cl)c1ccnc(Br)c1. The zero-order valence-corrected chi connectivity index (χ0v) is 12.1. The van der Waals surface area contributed by atoms with Crippen LogP contribution in [-0.4, -0.2) is 10.9 Å². The molecule has 1 heterocycles. The second-order valence-electron chi connectivity index (χ2n) is 3.42. The van der Waals surface area contributed by atoms with E-state index >= 15 is 0 Å². The van der Waals surface area contributed by atoms with Crippen molar-refractivity contribution in [3.63, 3.8) is 0 Å². The van der Waals surface area contributed by atoms with Crippen molar-refractivity contribution in [2.24, 2.45) is 0 Å². The summed E-state index contributed by atoms with van der Waals surface area (Å²) < 4.78 is 0.590. The van der Waals surface area contributed by atoms with E-state index in [0.717, 1.165) is 0 Å². The van der Waals surface area contributed by atoms with E-state index in [0.29, 0.717) is 25.9 Å². The number of carbonyl (C=O) groups is 1. The highest BCUT2D eigenvalue weighted by Gasteiger charge is 2.10. The zero-order chi connectivity index (χ0) is 13.1. The third-order valence-corrected chi connectivity index (χ3v) is 3.44. The van der Waals surface area contributed by atoms with Crippen LogP contribution in [0.1, 0.15) is 10.4 Å². The molecule has 0 spiro atoms. The van der Waals surface area contributed by atoms with Crippen molar-refractivity contribution < 1.29 is 4.79 Å². The number of halogens is 3. The average Bonchev–Trinajstić information content (AvgIpc) is 2.35. The summed E-state index contributed by atoms with van der Waals surface area (Å²) in [7, 11) is 0. The van der Waals surface area contributed by atoms with E-state index in [9.17, 15) is 4.79 Å². The van der Waals surface area contributed by atoms with E-state index in [1.807, 2.05) is 0 Å². The van der Waals surface area contributed by atoms with Crippen LogP contribution in [0, 0.1) is 0 Å². The normalized spacial score (nSPS) is 10.2. The van der Waals surface area contributed by atoms with Crippen molar-refractivity contribution in [1.29, 1.82) is 0 Å². The predicted octanol–water partition coefficient (Wildman–Crippen LogP) is 4.40. The molecule has 0 aliphatic rings. The molecule has 92 valence electrons. The first-order chi connectivity index (χ1) is 8.58. The molecule has 2 aromatic rings. The van der Waals surface area contributed by atoms with Crippen molar-refractivity contribution in [1.82, 2.24) is 4.98 Å². The van der Waals surface area contributed by atoms with Crippen molar-refractivity contribution in [2.45, 2.75) is 0 Å². The summed E-state index contributed by atoms with van der Waals surface area (Å²) in [5.41, 5.74) is 0.954. The Hall–Kier alpha value is -1.10. The molecule has 0 unspecified atom stereocenters. The summed E-state index contributed by atoms with van der Waals surface area (Å²) >= 11 is 15.1. The number of aromatic nitrogens is 1. The van der Waals surface area contributed by atoms with Gasteiger partial charge in [-0.25, -0.2) is 4.98 Å². The molecule has 0 radical (unpaired) electrons. The van der Waals surface area contributed by atoms with Gasteiger partial charge in [0.15, 0.2) is 0 Å². The summed E-state index contributed by atoms with van der Waals surface area (Å²) in [6.07, 6.45) is 1.54. The van der Waals surface area contributed by atoms with Crippen LogP contribution in [-0.2, 0) is 0 Å². The minimum absolute atomic E-state index is 0.276. The maximum absolute atomic E-state index is 12.0. The second-order valence-corrected chi connectivity index (χ2v) is 5.02. The first kappa shape index (κ1) is 13.3. The van der Waals surface area contributed by atoms with E-state index in [1.54, 1.807) is 36.5 Å². The Bertz CT molecular complexity index is 604. The molecule has 0 saturated carbocycles. The molecule has 1 amide bonds. The zero-order valence-electron chi connectivity index (χ0n) is 8.95. The fourth-order valence-corrected chi connectivity index (χ4v) is 2.05. The lowest BCUT2D eigenvalue weighted by molar-refractivity contribution is 0.102. The number of nitrogens with zero attached hydrogens (tertiary/aromatic N) is 1.